The number of aryl methyl sites for hydroxylation is 1. The minimum atomic E-state index is -0.0294. The number of nitrogens with zero attached hydrogens (tertiary/aromatic N) is 1. The molecular formula is C14H17N3OS2. The van der Waals surface area contributed by atoms with Crippen LogP contribution in [-0.2, 0) is 12.2 Å². The number of hydrogen-bond donors (Lipinski definition) is 2. The Morgan fingerprint density at radius 2 is 2.30 bits per heavy atom. The molecule has 2 aromatic rings. The van der Waals surface area contributed by atoms with Crippen molar-refractivity contribution in [3.05, 3.63) is 45.4 Å². The summed E-state index contributed by atoms with van der Waals surface area (Å²) in [6, 6.07) is 4.22. The Hall–Kier alpha value is -1.08. The van der Waals surface area contributed by atoms with Gasteiger partial charge in [-0.1, -0.05) is 0 Å². The molecule has 3 rings (SSSR count). The second-order valence-corrected chi connectivity index (χ2v) is 6.93. The number of rotatable bonds is 4. The van der Waals surface area contributed by atoms with E-state index in [4.69, 9.17) is 10.6 Å². The first-order valence-corrected chi connectivity index (χ1v) is 8.43. The molecule has 0 spiro atoms. The molecule has 1 unspecified atom stereocenters. The van der Waals surface area contributed by atoms with Gasteiger partial charge in [-0.3, -0.25) is 10.8 Å². The van der Waals surface area contributed by atoms with Crippen molar-refractivity contribution < 1.29 is 4.74 Å². The molecule has 0 aromatic carbocycles. The molecule has 1 aliphatic rings. The lowest BCUT2D eigenvalue weighted by Crippen LogP contribution is -2.28. The van der Waals surface area contributed by atoms with Gasteiger partial charge < -0.3 is 4.74 Å². The third-order valence-electron chi connectivity index (χ3n) is 3.40. The van der Waals surface area contributed by atoms with Crippen molar-refractivity contribution in [2.45, 2.75) is 18.2 Å². The zero-order valence-corrected chi connectivity index (χ0v) is 12.9. The molecule has 0 fully saturated rings. The molecular weight excluding hydrogens is 290 g/mol. The largest absolute Gasteiger partial charge is 0.495 e. The van der Waals surface area contributed by atoms with Crippen LogP contribution in [0.2, 0.25) is 0 Å². The summed E-state index contributed by atoms with van der Waals surface area (Å²) >= 11 is 3.85. The Balaban J connectivity index is 1.94. The minimum absolute atomic E-state index is 0.0294. The monoisotopic (exact) mass is 307 g/mol. The number of nitrogens with one attached hydrogen (secondary N) is 1. The molecule has 3 N–H and O–H groups in total. The molecule has 4 nitrogen and oxygen atoms in total. The molecule has 20 heavy (non-hydrogen) atoms. The lowest BCUT2D eigenvalue weighted by atomic mass is 10.1. The van der Waals surface area contributed by atoms with Crippen molar-refractivity contribution in [1.82, 2.24) is 10.4 Å². The third kappa shape index (κ3) is 2.69. The highest BCUT2D eigenvalue weighted by Gasteiger charge is 2.20. The van der Waals surface area contributed by atoms with E-state index in [2.05, 4.69) is 16.5 Å². The van der Waals surface area contributed by atoms with E-state index in [0.29, 0.717) is 0 Å². The number of fused-ring (bicyclic) bond motifs is 1. The Bertz CT molecular complexity index is 576. The first kappa shape index (κ1) is 13.9. The summed E-state index contributed by atoms with van der Waals surface area (Å²) in [5.41, 5.74) is 5.39. The van der Waals surface area contributed by atoms with Crippen LogP contribution >= 0.6 is 23.1 Å². The molecule has 6 heteroatoms. The highest BCUT2D eigenvalue weighted by Crippen LogP contribution is 2.36. The molecule has 1 atom stereocenters. The van der Waals surface area contributed by atoms with E-state index in [-0.39, 0.29) is 6.04 Å². The van der Waals surface area contributed by atoms with Crippen molar-refractivity contribution in [2.24, 2.45) is 5.84 Å². The Morgan fingerprint density at radius 3 is 3.05 bits per heavy atom. The highest BCUT2D eigenvalue weighted by molar-refractivity contribution is 7.98. The van der Waals surface area contributed by atoms with E-state index < -0.39 is 0 Å². The fourth-order valence-corrected chi connectivity index (χ4v) is 4.83. The summed E-state index contributed by atoms with van der Waals surface area (Å²) in [6.45, 7) is 0. The molecule has 1 aliphatic heterocycles. The summed E-state index contributed by atoms with van der Waals surface area (Å²) in [4.78, 5) is 6.95. The number of aromatic nitrogens is 1. The maximum atomic E-state index is 5.77. The Morgan fingerprint density at radius 1 is 1.40 bits per heavy atom. The van der Waals surface area contributed by atoms with Gasteiger partial charge in [0.2, 0.25) is 0 Å². The molecule has 0 aliphatic carbocycles. The highest BCUT2D eigenvalue weighted by atomic mass is 32.2. The standard InChI is InChI=1S/C14H17N3OS2/c1-18-11-4-9(6-16-7-11)14(17-15)13-5-10-8-19-3-2-12(10)20-13/h4-7,14,17H,2-3,8,15H2,1H3. The van der Waals surface area contributed by atoms with Crippen LogP contribution in [0.4, 0.5) is 0 Å². The SMILES string of the molecule is COc1cncc(C(NN)c2cc3c(s2)CCSC3)c1. The van der Waals surface area contributed by atoms with Gasteiger partial charge in [0.15, 0.2) is 0 Å². The summed E-state index contributed by atoms with van der Waals surface area (Å²) < 4.78 is 5.24. The summed E-state index contributed by atoms with van der Waals surface area (Å²) in [5, 5.41) is 0. The summed E-state index contributed by atoms with van der Waals surface area (Å²) in [7, 11) is 1.65. The van der Waals surface area contributed by atoms with Crippen LogP contribution in [0.1, 0.15) is 26.9 Å². The van der Waals surface area contributed by atoms with Crippen LogP contribution in [0.5, 0.6) is 5.75 Å². The number of thioether (sulfide) groups is 1. The van der Waals surface area contributed by atoms with Gasteiger partial charge in [0.05, 0.1) is 19.3 Å². The number of thiophene rings is 1. The van der Waals surface area contributed by atoms with Gasteiger partial charge >= 0.3 is 0 Å². The normalized spacial score (nSPS) is 15.7. The average molecular weight is 307 g/mol. The average Bonchev–Trinajstić information content (AvgIpc) is 2.91. The molecule has 0 radical (unpaired) electrons. The van der Waals surface area contributed by atoms with Crippen LogP contribution in [0.3, 0.4) is 0 Å². The van der Waals surface area contributed by atoms with E-state index in [1.54, 1.807) is 13.3 Å². The van der Waals surface area contributed by atoms with Crippen LogP contribution in [-0.4, -0.2) is 17.8 Å². The molecule has 0 bridgehead atoms. The molecule has 106 valence electrons. The van der Waals surface area contributed by atoms with Crippen molar-refractivity contribution >= 4 is 23.1 Å². The lowest BCUT2D eigenvalue weighted by molar-refractivity contribution is 0.411. The number of hydrazine groups is 1. The second-order valence-electron chi connectivity index (χ2n) is 4.66. The van der Waals surface area contributed by atoms with Gasteiger partial charge in [-0.2, -0.15) is 11.8 Å². The van der Waals surface area contributed by atoms with E-state index in [1.165, 1.54) is 21.1 Å². The molecule has 0 saturated carbocycles. The van der Waals surface area contributed by atoms with E-state index in [9.17, 15) is 0 Å². The van der Waals surface area contributed by atoms with Gasteiger partial charge in [-0.05, 0) is 35.4 Å². The number of hydrogen-bond acceptors (Lipinski definition) is 6. The maximum absolute atomic E-state index is 5.77. The lowest BCUT2D eigenvalue weighted by Gasteiger charge is -2.15. The van der Waals surface area contributed by atoms with E-state index >= 15 is 0 Å². The number of ether oxygens (including phenoxy) is 1. The predicted octanol–water partition coefficient (Wildman–Crippen LogP) is 2.49. The van der Waals surface area contributed by atoms with Crippen molar-refractivity contribution in [3.8, 4) is 5.75 Å². The summed E-state index contributed by atoms with van der Waals surface area (Å²) in [6.07, 6.45) is 4.70. The maximum Gasteiger partial charge on any atom is 0.137 e. The van der Waals surface area contributed by atoms with Gasteiger partial charge in [0, 0.05) is 21.7 Å². The molecule has 3 heterocycles. The van der Waals surface area contributed by atoms with Gasteiger partial charge in [-0.15, -0.1) is 11.3 Å². The minimum Gasteiger partial charge on any atom is -0.495 e. The second kappa shape index (κ2) is 6.13. The zero-order valence-electron chi connectivity index (χ0n) is 11.3. The van der Waals surface area contributed by atoms with Gasteiger partial charge in [-0.25, -0.2) is 5.43 Å². The number of nitrogens with two attached hydrogens (primary N) is 1. The molecule has 0 saturated heterocycles. The van der Waals surface area contributed by atoms with Crippen LogP contribution in [0.25, 0.3) is 0 Å². The zero-order chi connectivity index (χ0) is 13.9. The molecule has 2 aromatic heterocycles. The summed E-state index contributed by atoms with van der Waals surface area (Å²) in [5.74, 6) is 8.85. The fraction of sp³-hybridized carbons (Fsp3) is 0.357. The van der Waals surface area contributed by atoms with Crippen molar-refractivity contribution in [1.29, 1.82) is 0 Å². The smallest absolute Gasteiger partial charge is 0.137 e. The Kier molecular flexibility index (Phi) is 4.26. The third-order valence-corrected chi connectivity index (χ3v) is 5.71. The van der Waals surface area contributed by atoms with Gasteiger partial charge in [0.1, 0.15) is 5.75 Å². The number of pyridine rings is 1. The fourth-order valence-electron chi connectivity index (χ4n) is 2.36. The van der Waals surface area contributed by atoms with Gasteiger partial charge in [0.25, 0.3) is 0 Å². The number of methoxy groups -OCH3 is 1. The first-order valence-electron chi connectivity index (χ1n) is 6.46. The van der Waals surface area contributed by atoms with Crippen LogP contribution in [0, 0.1) is 0 Å². The first-order chi connectivity index (χ1) is 9.81. The van der Waals surface area contributed by atoms with Crippen LogP contribution < -0.4 is 16.0 Å². The molecule has 0 amide bonds. The van der Waals surface area contributed by atoms with E-state index in [0.717, 1.165) is 23.5 Å². The Labute approximate surface area is 126 Å². The predicted molar refractivity (Wildman–Crippen MR) is 84.1 cm³/mol. The van der Waals surface area contributed by atoms with Crippen molar-refractivity contribution in [3.63, 3.8) is 0 Å². The topological polar surface area (TPSA) is 60.2 Å². The van der Waals surface area contributed by atoms with Crippen LogP contribution in [0.15, 0.2) is 24.5 Å². The van der Waals surface area contributed by atoms with Crippen molar-refractivity contribution in [2.75, 3.05) is 12.9 Å². The van der Waals surface area contributed by atoms with E-state index in [1.807, 2.05) is 35.4 Å². The quantitative estimate of drug-likeness (QED) is 0.671.